The number of benzene rings is 2. The van der Waals surface area contributed by atoms with E-state index in [0.717, 1.165) is 5.69 Å². The molecular weight excluding hydrogens is 412 g/mol. The van der Waals surface area contributed by atoms with Crippen molar-refractivity contribution in [1.29, 1.82) is 0 Å². The number of amidine groups is 1. The topological polar surface area (TPSA) is 54.4 Å². The largest absolute Gasteiger partial charge is 0.435 e. The van der Waals surface area contributed by atoms with Crippen LogP contribution >= 0.6 is 11.8 Å². The lowest BCUT2D eigenvalue weighted by atomic mass is 10.2. The van der Waals surface area contributed by atoms with Crippen LogP contribution in [0.2, 0.25) is 0 Å². The standard InChI is InChI=1S/C21H19F2N3O3S/c22-20(23)29-17-8-6-15(7-9-17)14-18-19(27)26(25-10-12-28-13-11-25)21(30-18)24-16-4-2-1-3-5-16/h1-9,14,20H,10-13H2. The zero-order chi connectivity index (χ0) is 20.9. The smallest absolute Gasteiger partial charge is 0.387 e. The van der Waals surface area contributed by atoms with Crippen LogP contribution in [-0.4, -0.2) is 54.0 Å². The number of ether oxygens (including phenoxy) is 2. The van der Waals surface area contributed by atoms with Gasteiger partial charge in [0.25, 0.3) is 5.91 Å². The number of carbonyl (C=O) groups is 1. The molecule has 0 aromatic heterocycles. The van der Waals surface area contributed by atoms with Gasteiger partial charge >= 0.3 is 6.61 Å². The summed E-state index contributed by atoms with van der Waals surface area (Å²) in [4.78, 5) is 18.3. The Morgan fingerprint density at radius 3 is 2.43 bits per heavy atom. The highest BCUT2D eigenvalue weighted by atomic mass is 32.2. The number of para-hydroxylation sites is 1. The molecule has 2 aliphatic heterocycles. The third-order valence-corrected chi connectivity index (χ3v) is 5.40. The van der Waals surface area contributed by atoms with Crippen LogP contribution in [0.1, 0.15) is 5.56 Å². The Labute approximate surface area is 176 Å². The van der Waals surface area contributed by atoms with Crippen LogP contribution in [0.3, 0.4) is 0 Å². The molecule has 0 atom stereocenters. The molecule has 2 aromatic rings. The number of nitrogens with zero attached hydrogens (tertiary/aromatic N) is 3. The van der Waals surface area contributed by atoms with Crippen molar-refractivity contribution >= 4 is 34.6 Å². The number of halogens is 2. The first-order chi connectivity index (χ1) is 14.6. The van der Waals surface area contributed by atoms with Gasteiger partial charge in [-0.25, -0.2) is 15.0 Å². The summed E-state index contributed by atoms with van der Waals surface area (Å²) in [6.45, 7) is -0.616. The maximum atomic E-state index is 13.2. The van der Waals surface area contributed by atoms with Gasteiger partial charge in [-0.2, -0.15) is 8.78 Å². The summed E-state index contributed by atoms with van der Waals surface area (Å²) in [5.74, 6) is -0.108. The predicted molar refractivity (Wildman–Crippen MR) is 111 cm³/mol. The molecule has 0 aliphatic carbocycles. The number of amides is 1. The summed E-state index contributed by atoms with van der Waals surface area (Å²) in [5.41, 5.74) is 1.45. The van der Waals surface area contributed by atoms with Gasteiger partial charge in [0.1, 0.15) is 5.75 Å². The second-order valence-electron chi connectivity index (χ2n) is 6.47. The summed E-state index contributed by atoms with van der Waals surface area (Å²) in [5, 5.41) is 4.10. The number of hydrogen-bond donors (Lipinski definition) is 0. The normalized spacial score (nSPS) is 20.5. The van der Waals surface area contributed by atoms with E-state index in [9.17, 15) is 13.6 Å². The van der Waals surface area contributed by atoms with E-state index in [0.29, 0.717) is 41.9 Å². The first-order valence-corrected chi connectivity index (χ1v) is 10.2. The lowest BCUT2D eigenvalue weighted by molar-refractivity contribution is -0.138. The Morgan fingerprint density at radius 1 is 1.07 bits per heavy atom. The van der Waals surface area contributed by atoms with Crippen LogP contribution in [-0.2, 0) is 9.53 Å². The Kier molecular flexibility index (Phi) is 6.41. The van der Waals surface area contributed by atoms with Gasteiger partial charge in [-0.05, 0) is 47.7 Å². The van der Waals surface area contributed by atoms with E-state index in [1.54, 1.807) is 23.2 Å². The number of rotatable bonds is 5. The van der Waals surface area contributed by atoms with Gasteiger partial charge in [0.05, 0.1) is 23.8 Å². The van der Waals surface area contributed by atoms with Crippen molar-refractivity contribution in [3.05, 3.63) is 65.1 Å². The van der Waals surface area contributed by atoms with E-state index >= 15 is 0 Å². The minimum absolute atomic E-state index is 0.0684. The lowest BCUT2D eigenvalue weighted by Gasteiger charge is -2.33. The molecule has 2 heterocycles. The molecule has 0 N–H and O–H groups in total. The Balaban J connectivity index is 1.62. The Bertz CT molecular complexity index is 946. The number of hydrazine groups is 1. The molecule has 0 saturated carbocycles. The zero-order valence-corrected chi connectivity index (χ0v) is 16.7. The number of thioether (sulfide) groups is 1. The van der Waals surface area contributed by atoms with Crippen LogP contribution in [0.5, 0.6) is 5.75 Å². The summed E-state index contributed by atoms with van der Waals surface area (Å²) in [6, 6.07) is 15.6. The van der Waals surface area contributed by atoms with Gasteiger partial charge in [0.15, 0.2) is 5.17 Å². The van der Waals surface area contributed by atoms with Crippen molar-refractivity contribution in [2.75, 3.05) is 26.3 Å². The molecule has 2 aromatic carbocycles. The maximum absolute atomic E-state index is 13.2. The Hall–Kier alpha value is -2.75. The molecule has 4 rings (SSSR count). The van der Waals surface area contributed by atoms with E-state index in [1.807, 2.05) is 35.3 Å². The highest BCUT2D eigenvalue weighted by Gasteiger charge is 2.38. The van der Waals surface area contributed by atoms with Crippen molar-refractivity contribution in [3.8, 4) is 5.75 Å². The molecule has 0 spiro atoms. The van der Waals surface area contributed by atoms with Crippen molar-refractivity contribution < 1.29 is 23.0 Å². The van der Waals surface area contributed by atoms with E-state index in [2.05, 4.69) is 9.73 Å². The summed E-state index contributed by atoms with van der Waals surface area (Å²) in [6.07, 6.45) is 1.72. The number of aliphatic imine (C=N–C) groups is 1. The highest BCUT2D eigenvalue weighted by molar-refractivity contribution is 8.18. The third kappa shape index (κ3) is 4.86. The molecule has 2 fully saturated rings. The van der Waals surface area contributed by atoms with E-state index in [4.69, 9.17) is 4.74 Å². The minimum atomic E-state index is -2.87. The van der Waals surface area contributed by atoms with Gasteiger partial charge < -0.3 is 9.47 Å². The quantitative estimate of drug-likeness (QED) is 0.666. The number of alkyl halides is 2. The second kappa shape index (κ2) is 9.38. The SMILES string of the molecule is O=C1C(=Cc2ccc(OC(F)F)cc2)SC(=Nc2ccccc2)N1N1CCOCC1. The molecule has 1 amide bonds. The molecule has 156 valence electrons. The third-order valence-electron chi connectivity index (χ3n) is 4.44. The molecular formula is C21H19F2N3O3S. The van der Waals surface area contributed by atoms with Crippen LogP contribution < -0.4 is 4.74 Å². The van der Waals surface area contributed by atoms with E-state index in [-0.39, 0.29) is 11.7 Å². The van der Waals surface area contributed by atoms with Crippen LogP contribution in [0.15, 0.2) is 64.5 Å². The van der Waals surface area contributed by atoms with Crippen LogP contribution in [0.4, 0.5) is 14.5 Å². The minimum Gasteiger partial charge on any atom is -0.435 e. The zero-order valence-electron chi connectivity index (χ0n) is 15.9. The number of hydrogen-bond acceptors (Lipinski definition) is 6. The second-order valence-corrected chi connectivity index (χ2v) is 7.48. The highest BCUT2D eigenvalue weighted by Crippen LogP contribution is 2.35. The molecule has 0 radical (unpaired) electrons. The Morgan fingerprint density at radius 2 is 1.77 bits per heavy atom. The first-order valence-electron chi connectivity index (χ1n) is 9.35. The van der Waals surface area contributed by atoms with Gasteiger partial charge in [0.2, 0.25) is 0 Å². The van der Waals surface area contributed by atoms with E-state index < -0.39 is 6.61 Å². The summed E-state index contributed by atoms with van der Waals surface area (Å²) < 4.78 is 34.4. The van der Waals surface area contributed by atoms with Crippen LogP contribution in [0.25, 0.3) is 6.08 Å². The lowest BCUT2D eigenvalue weighted by Crippen LogP contribution is -2.51. The molecule has 2 saturated heterocycles. The number of carbonyl (C=O) groups excluding carboxylic acids is 1. The van der Waals surface area contributed by atoms with Crippen molar-refractivity contribution in [1.82, 2.24) is 10.0 Å². The fourth-order valence-corrected chi connectivity index (χ4v) is 4.05. The van der Waals surface area contributed by atoms with Gasteiger partial charge in [-0.1, -0.05) is 30.3 Å². The summed E-state index contributed by atoms with van der Waals surface area (Å²) >= 11 is 1.28. The van der Waals surface area contributed by atoms with Crippen LogP contribution in [0, 0.1) is 0 Å². The fourth-order valence-electron chi connectivity index (χ4n) is 3.05. The van der Waals surface area contributed by atoms with Gasteiger partial charge in [-0.15, -0.1) is 0 Å². The molecule has 30 heavy (non-hydrogen) atoms. The predicted octanol–water partition coefficient (Wildman–Crippen LogP) is 4.14. The molecule has 9 heteroatoms. The molecule has 2 aliphatic rings. The average Bonchev–Trinajstić information content (AvgIpc) is 3.05. The first kappa shape index (κ1) is 20.5. The molecule has 0 bridgehead atoms. The summed E-state index contributed by atoms with van der Waals surface area (Å²) in [7, 11) is 0. The van der Waals surface area contributed by atoms with Gasteiger partial charge in [-0.3, -0.25) is 4.79 Å². The molecule has 0 unspecified atom stereocenters. The van der Waals surface area contributed by atoms with Crippen molar-refractivity contribution in [2.24, 2.45) is 4.99 Å². The van der Waals surface area contributed by atoms with Gasteiger partial charge in [0, 0.05) is 13.1 Å². The van der Waals surface area contributed by atoms with Crippen molar-refractivity contribution in [2.45, 2.75) is 6.61 Å². The monoisotopic (exact) mass is 431 g/mol. The van der Waals surface area contributed by atoms with Crippen molar-refractivity contribution in [3.63, 3.8) is 0 Å². The number of morpholine rings is 1. The average molecular weight is 431 g/mol. The maximum Gasteiger partial charge on any atom is 0.387 e. The fraction of sp³-hybridized carbons (Fsp3) is 0.238. The van der Waals surface area contributed by atoms with E-state index in [1.165, 1.54) is 23.9 Å². The molecule has 6 nitrogen and oxygen atoms in total.